The predicted molar refractivity (Wildman–Crippen MR) is 92.4 cm³/mol. The van der Waals surface area contributed by atoms with Gasteiger partial charge in [-0.3, -0.25) is 14.5 Å². The van der Waals surface area contributed by atoms with Crippen molar-refractivity contribution < 1.29 is 9.59 Å². The highest BCUT2D eigenvalue weighted by atomic mass is 16.2. The van der Waals surface area contributed by atoms with Crippen LogP contribution in [0.4, 0.5) is 0 Å². The highest BCUT2D eigenvalue weighted by Crippen LogP contribution is 2.20. The van der Waals surface area contributed by atoms with Crippen molar-refractivity contribution in [1.82, 2.24) is 19.3 Å². The highest BCUT2D eigenvalue weighted by molar-refractivity contribution is 5.84. The van der Waals surface area contributed by atoms with E-state index in [2.05, 4.69) is 21.9 Å². The van der Waals surface area contributed by atoms with Crippen LogP contribution in [-0.2, 0) is 16.1 Å². The van der Waals surface area contributed by atoms with Gasteiger partial charge in [-0.15, -0.1) is 0 Å². The maximum Gasteiger partial charge on any atom is 0.227 e. The second-order valence-electron chi connectivity index (χ2n) is 6.76. The Labute approximate surface area is 144 Å². The molecule has 1 atom stereocenters. The van der Waals surface area contributed by atoms with Crippen LogP contribution >= 0.6 is 0 Å². The molecule has 3 heterocycles. The maximum atomic E-state index is 12.7. The molecule has 0 unspecified atom stereocenters. The van der Waals surface area contributed by atoms with Crippen molar-refractivity contribution in [1.29, 1.82) is 0 Å². The van der Waals surface area contributed by atoms with Crippen molar-refractivity contribution in [3.05, 3.63) is 24.5 Å². The number of carbonyl (C=O) groups excluding carboxylic acids is 2. The summed E-state index contributed by atoms with van der Waals surface area (Å²) < 4.78 is 2.19. The average Bonchev–Trinajstić information content (AvgIpc) is 3.14. The molecule has 0 bridgehead atoms. The summed E-state index contributed by atoms with van der Waals surface area (Å²) in [6.07, 6.45) is 5.40. The van der Waals surface area contributed by atoms with Crippen LogP contribution in [0.3, 0.4) is 0 Å². The summed E-state index contributed by atoms with van der Waals surface area (Å²) >= 11 is 0. The molecule has 3 rings (SSSR count). The van der Waals surface area contributed by atoms with E-state index in [1.165, 1.54) is 0 Å². The Balaban J connectivity index is 1.44. The SMILES string of the molecule is CCN1C[C@@H](C(=O)N2CCN(CCn3cccc3)CC2)CCC1=O. The van der Waals surface area contributed by atoms with Crippen LogP contribution in [0.1, 0.15) is 19.8 Å². The first kappa shape index (κ1) is 17.0. The standard InChI is InChI=1S/C18H28N4O2/c1-2-21-15-16(5-6-17(21)23)18(24)22-13-11-20(12-14-22)10-9-19-7-3-4-8-19/h3-4,7-8,16H,2,5-6,9-15H2,1H3/t16-/m0/s1. The maximum absolute atomic E-state index is 12.7. The molecule has 6 nitrogen and oxygen atoms in total. The number of piperidine rings is 1. The fourth-order valence-corrected chi connectivity index (χ4v) is 3.65. The largest absolute Gasteiger partial charge is 0.353 e. The van der Waals surface area contributed by atoms with E-state index < -0.39 is 0 Å². The average molecular weight is 332 g/mol. The molecule has 2 aliphatic heterocycles. The molecular weight excluding hydrogens is 304 g/mol. The zero-order valence-electron chi connectivity index (χ0n) is 14.6. The van der Waals surface area contributed by atoms with Gasteiger partial charge in [-0.05, 0) is 25.5 Å². The van der Waals surface area contributed by atoms with E-state index in [1.807, 2.05) is 28.9 Å². The molecule has 0 saturated carbocycles. The third-order valence-corrected chi connectivity index (χ3v) is 5.26. The second-order valence-corrected chi connectivity index (χ2v) is 6.76. The van der Waals surface area contributed by atoms with Crippen LogP contribution in [0.25, 0.3) is 0 Å². The third-order valence-electron chi connectivity index (χ3n) is 5.26. The minimum atomic E-state index is -0.00549. The van der Waals surface area contributed by atoms with E-state index >= 15 is 0 Å². The zero-order chi connectivity index (χ0) is 16.9. The summed E-state index contributed by atoms with van der Waals surface area (Å²) in [5.74, 6) is 0.427. The Morgan fingerprint density at radius 3 is 2.50 bits per heavy atom. The minimum absolute atomic E-state index is 0.00549. The predicted octanol–water partition coefficient (Wildman–Crippen LogP) is 0.891. The van der Waals surface area contributed by atoms with E-state index in [9.17, 15) is 9.59 Å². The van der Waals surface area contributed by atoms with Gasteiger partial charge in [-0.1, -0.05) is 0 Å². The normalized spacial score (nSPS) is 22.9. The van der Waals surface area contributed by atoms with Crippen molar-refractivity contribution in [2.75, 3.05) is 45.8 Å². The lowest BCUT2D eigenvalue weighted by Gasteiger charge is -2.38. The van der Waals surface area contributed by atoms with Crippen molar-refractivity contribution in [3.8, 4) is 0 Å². The molecule has 132 valence electrons. The van der Waals surface area contributed by atoms with Crippen molar-refractivity contribution in [2.24, 2.45) is 5.92 Å². The topological polar surface area (TPSA) is 48.8 Å². The molecular formula is C18H28N4O2. The van der Waals surface area contributed by atoms with Crippen LogP contribution in [-0.4, -0.2) is 76.9 Å². The Morgan fingerprint density at radius 1 is 1.12 bits per heavy atom. The van der Waals surface area contributed by atoms with Gasteiger partial charge >= 0.3 is 0 Å². The van der Waals surface area contributed by atoms with Crippen LogP contribution < -0.4 is 0 Å². The number of nitrogens with zero attached hydrogens (tertiary/aromatic N) is 4. The van der Waals surface area contributed by atoms with Gasteiger partial charge in [-0.2, -0.15) is 0 Å². The van der Waals surface area contributed by atoms with E-state index in [1.54, 1.807) is 0 Å². The molecule has 1 aromatic rings. The Morgan fingerprint density at radius 2 is 1.83 bits per heavy atom. The lowest BCUT2D eigenvalue weighted by atomic mass is 9.95. The highest BCUT2D eigenvalue weighted by Gasteiger charge is 2.33. The van der Waals surface area contributed by atoms with E-state index in [-0.39, 0.29) is 17.7 Å². The van der Waals surface area contributed by atoms with E-state index in [4.69, 9.17) is 0 Å². The molecule has 0 radical (unpaired) electrons. The summed E-state index contributed by atoms with van der Waals surface area (Å²) in [6, 6.07) is 4.09. The number of carbonyl (C=O) groups is 2. The van der Waals surface area contributed by atoms with Gasteiger partial charge in [0, 0.05) is 71.2 Å². The number of piperazine rings is 1. The Kier molecular flexibility index (Phi) is 5.56. The van der Waals surface area contributed by atoms with Gasteiger partial charge in [0.25, 0.3) is 0 Å². The minimum Gasteiger partial charge on any atom is -0.353 e. The quantitative estimate of drug-likeness (QED) is 0.805. The number of rotatable bonds is 5. The molecule has 0 N–H and O–H groups in total. The first-order valence-electron chi connectivity index (χ1n) is 9.07. The van der Waals surface area contributed by atoms with Gasteiger partial charge in [0.1, 0.15) is 0 Å². The second kappa shape index (κ2) is 7.83. The summed E-state index contributed by atoms with van der Waals surface area (Å²) in [6.45, 7) is 8.80. The van der Waals surface area contributed by atoms with Crippen LogP contribution in [0, 0.1) is 5.92 Å². The van der Waals surface area contributed by atoms with Crippen molar-refractivity contribution in [3.63, 3.8) is 0 Å². The molecule has 24 heavy (non-hydrogen) atoms. The molecule has 0 aromatic carbocycles. The number of aromatic nitrogens is 1. The van der Waals surface area contributed by atoms with Gasteiger partial charge in [0.15, 0.2) is 0 Å². The van der Waals surface area contributed by atoms with Gasteiger partial charge in [-0.25, -0.2) is 0 Å². The van der Waals surface area contributed by atoms with Gasteiger partial charge in [0.2, 0.25) is 11.8 Å². The Bertz CT molecular complexity index is 549. The number of hydrogen-bond donors (Lipinski definition) is 0. The third kappa shape index (κ3) is 3.98. The first-order valence-corrected chi connectivity index (χ1v) is 9.07. The van der Waals surface area contributed by atoms with Crippen molar-refractivity contribution in [2.45, 2.75) is 26.3 Å². The summed E-state index contributed by atoms with van der Waals surface area (Å²) in [4.78, 5) is 30.8. The number of likely N-dealkylation sites (tertiary alicyclic amines) is 1. The smallest absolute Gasteiger partial charge is 0.227 e. The monoisotopic (exact) mass is 332 g/mol. The number of hydrogen-bond acceptors (Lipinski definition) is 3. The molecule has 2 amide bonds. The zero-order valence-corrected chi connectivity index (χ0v) is 14.6. The summed E-state index contributed by atoms with van der Waals surface area (Å²) in [7, 11) is 0. The van der Waals surface area contributed by atoms with Crippen molar-refractivity contribution >= 4 is 11.8 Å². The summed E-state index contributed by atoms with van der Waals surface area (Å²) in [5.41, 5.74) is 0. The van der Waals surface area contributed by atoms with Crippen LogP contribution in [0.2, 0.25) is 0 Å². The van der Waals surface area contributed by atoms with Crippen LogP contribution in [0.5, 0.6) is 0 Å². The number of amides is 2. The molecule has 6 heteroatoms. The van der Waals surface area contributed by atoms with Crippen LogP contribution in [0.15, 0.2) is 24.5 Å². The Hall–Kier alpha value is -1.82. The molecule has 0 spiro atoms. The lowest BCUT2D eigenvalue weighted by Crippen LogP contribution is -2.53. The first-order chi connectivity index (χ1) is 11.7. The van der Waals surface area contributed by atoms with Gasteiger partial charge in [0.05, 0.1) is 5.92 Å². The van der Waals surface area contributed by atoms with E-state index in [0.29, 0.717) is 25.9 Å². The molecule has 1 aromatic heterocycles. The molecule has 0 aliphatic carbocycles. The summed E-state index contributed by atoms with van der Waals surface area (Å²) in [5, 5.41) is 0. The van der Waals surface area contributed by atoms with E-state index in [0.717, 1.165) is 39.3 Å². The fraction of sp³-hybridized carbons (Fsp3) is 0.667. The molecule has 2 aliphatic rings. The lowest BCUT2D eigenvalue weighted by molar-refractivity contribution is -0.144. The molecule has 2 fully saturated rings. The van der Waals surface area contributed by atoms with Gasteiger partial charge < -0.3 is 14.4 Å². The fourth-order valence-electron chi connectivity index (χ4n) is 3.65. The molecule has 2 saturated heterocycles.